The van der Waals surface area contributed by atoms with Crippen molar-refractivity contribution in [1.29, 1.82) is 0 Å². The minimum Gasteiger partial charge on any atom is -0.354 e. The Balaban J connectivity index is 0.00000280. The van der Waals surface area contributed by atoms with E-state index in [9.17, 15) is 18.0 Å². The first-order valence-corrected chi connectivity index (χ1v) is 10.9. The quantitative estimate of drug-likeness (QED) is 0.669. The van der Waals surface area contributed by atoms with Gasteiger partial charge in [-0.15, -0.1) is 12.4 Å². The largest absolute Gasteiger partial charge is 0.354 e. The van der Waals surface area contributed by atoms with E-state index < -0.39 is 10.0 Å². The van der Waals surface area contributed by atoms with Gasteiger partial charge in [0.25, 0.3) is 0 Å². The Morgan fingerprint density at radius 1 is 1.25 bits per heavy atom. The van der Waals surface area contributed by atoms with Crippen LogP contribution in [0.3, 0.4) is 0 Å². The van der Waals surface area contributed by atoms with E-state index in [1.165, 1.54) is 23.4 Å². The second kappa shape index (κ2) is 9.82. The molecule has 3 rings (SSSR count). The fraction of sp³-hybridized carbons (Fsp3) is 0.579. The number of rotatable bonds is 6. The SMILES string of the molecule is CC(=O)c1cccc(S(=O)(=O)N2CCCC(CNC(=O)C3CCCN3)C2)c1.Cl. The number of carbonyl (C=O) groups excluding carboxylic acids is 2. The first-order chi connectivity index (χ1) is 12.9. The molecule has 2 atom stereocenters. The standard InChI is InChI=1S/C19H27N3O4S.ClH/c1-14(23)16-6-2-7-17(11-16)27(25,26)22-10-4-5-15(13-22)12-21-19(24)18-8-3-9-20-18;/h2,6-7,11,15,18,20H,3-5,8-10,12-13H2,1H3,(H,21,24);1H. The Morgan fingerprint density at radius 2 is 2.04 bits per heavy atom. The van der Waals surface area contributed by atoms with Crippen LogP contribution in [0, 0.1) is 5.92 Å². The molecule has 2 unspecified atom stereocenters. The molecule has 9 heteroatoms. The van der Waals surface area contributed by atoms with Gasteiger partial charge in [-0.2, -0.15) is 4.31 Å². The summed E-state index contributed by atoms with van der Waals surface area (Å²) in [5.41, 5.74) is 0.390. The number of sulfonamides is 1. The van der Waals surface area contributed by atoms with Gasteiger partial charge in [0, 0.05) is 25.2 Å². The molecule has 0 saturated carbocycles. The Hall–Kier alpha value is -1.48. The highest BCUT2D eigenvalue weighted by Crippen LogP contribution is 2.24. The third-order valence-corrected chi connectivity index (χ3v) is 7.16. The number of halogens is 1. The summed E-state index contributed by atoms with van der Waals surface area (Å²) in [5.74, 6) is -0.0664. The van der Waals surface area contributed by atoms with Gasteiger partial charge in [-0.1, -0.05) is 12.1 Å². The summed E-state index contributed by atoms with van der Waals surface area (Å²) in [7, 11) is -3.65. The molecule has 156 valence electrons. The minimum absolute atomic E-state index is 0. The molecule has 0 radical (unpaired) electrons. The topological polar surface area (TPSA) is 95.6 Å². The van der Waals surface area contributed by atoms with E-state index in [0.717, 1.165) is 32.2 Å². The monoisotopic (exact) mass is 429 g/mol. The molecule has 1 aromatic carbocycles. The van der Waals surface area contributed by atoms with Gasteiger partial charge in [0.05, 0.1) is 10.9 Å². The molecule has 2 heterocycles. The van der Waals surface area contributed by atoms with Crippen molar-refractivity contribution >= 4 is 34.1 Å². The number of benzene rings is 1. The molecular weight excluding hydrogens is 402 g/mol. The third kappa shape index (κ3) is 5.31. The second-order valence-corrected chi connectivity index (χ2v) is 9.29. The van der Waals surface area contributed by atoms with Gasteiger partial charge < -0.3 is 10.6 Å². The van der Waals surface area contributed by atoms with Crippen molar-refractivity contribution in [3.05, 3.63) is 29.8 Å². The number of amides is 1. The molecule has 28 heavy (non-hydrogen) atoms. The molecule has 0 spiro atoms. The van der Waals surface area contributed by atoms with Crippen molar-refractivity contribution < 1.29 is 18.0 Å². The zero-order valence-electron chi connectivity index (χ0n) is 16.0. The zero-order chi connectivity index (χ0) is 19.4. The average molecular weight is 430 g/mol. The molecule has 2 aliphatic heterocycles. The first-order valence-electron chi connectivity index (χ1n) is 9.50. The predicted molar refractivity (Wildman–Crippen MR) is 109 cm³/mol. The molecule has 2 N–H and O–H groups in total. The van der Waals surface area contributed by atoms with Crippen molar-refractivity contribution in [2.75, 3.05) is 26.2 Å². The van der Waals surface area contributed by atoms with E-state index >= 15 is 0 Å². The number of nitrogens with zero attached hydrogens (tertiary/aromatic N) is 1. The summed E-state index contributed by atoms with van der Waals surface area (Å²) in [6, 6.07) is 6.06. The van der Waals surface area contributed by atoms with E-state index in [2.05, 4.69) is 10.6 Å². The summed E-state index contributed by atoms with van der Waals surface area (Å²) in [6.45, 7) is 3.61. The van der Waals surface area contributed by atoms with Crippen LogP contribution in [0.1, 0.15) is 43.0 Å². The van der Waals surface area contributed by atoms with Crippen LogP contribution in [-0.2, 0) is 14.8 Å². The molecule has 1 aromatic rings. The van der Waals surface area contributed by atoms with Crippen molar-refractivity contribution in [3.8, 4) is 0 Å². The summed E-state index contributed by atoms with van der Waals surface area (Å²) < 4.78 is 27.4. The molecule has 0 bridgehead atoms. The molecule has 2 fully saturated rings. The van der Waals surface area contributed by atoms with Crippen LogP contribution in [0.15, 0.2) is 29.2 Å². The highest BCUT2D eigenvalue weighted by atomic mass is 35.5. The maximum Gasteiger partial charge on any atom is 0.243 e. The van der Waals surface area contributed by atoms with Crippen LogP contribution < -0.4 is 10.6 Å². The zero-order valence-corrected chi connectivity index (χ0v) is 17.7. The van der Waals surface area contributed by atoms with Crippen LogP contribution >= 0.6 is 12.4 Å². The first kappa shape index (κ1) is 22.8. The van der Waals surface area contributed by atoms with Crippen LogP contribution in [-0.4, -0.2) is 56.6 Å². The molecule has 0 aromatic heterocycles. The fourth-order valence-electron chi connectivity index (χ4n) is 3.71. The Bertz CT molecular complexity index is 809. The molecule has 0 aliphatic carbocycles. The van der Waals surface area contributed by atoms with E-state index in [1.807, 2.05) is 0 Å². The van der Waals surface area contributed by atoms with Gasteiger partial charge in [-0.05, 0) is 57.2 Å². The minimum atomic E-state index is -3.65. The fourth-order valence-corrected chi connectivity index (χ4v) is 5.31. The van der Waals surface area contributed by atoms with Crippen molar-refractivity contribution in [2.45, 2.75) is 43.5 Å². The van der Waals surface area contributed by atoms with Gasteiger partial charge in [-0.3, -0.25) is 9.59 Å². The van der Waals surface area contributed by atoms with Crippen LogP contribution in [0.2, 0.25) is 0 Å². The normalized spacial score (nSPS) is 23.0. The van der Waals surface area contributed by atoms with E-state index in [0.29, 0.717) is 25.2 Å². The Kier molecular flexibility index (Phi) is 8.00. The lowest BCUT2D eigenvalue weighted by molar-refractivity contribution is -0.123. The maximum atomic E-state index is 13.0. The lowest BCUT2D eigenvalue weighted by atomic mass is 9.99. The number of nitrogens with one attached hydrogen (secondary N) is 2. The van der Waals surface area contributed by atoms with Gasteiger partial charge in [0.15, 0.2) is 5.78 Å². The van der Waals surface area contributed by atoms with Gasteiger partial charge >= 0.3 is 0 Å². The molecule has 1 amide bonds. The lowest BCUT2D eigenvalue weighted by Crippen LogP contribution is -2.46. The second-order valence-electron chi connectivity index (χ2n) is 7.35. The molecule has 2 saturated heterocycles. The van der Waals surface area contributed by atoms with E-state index in [4.69, 9.17) is 0 Å². The summed E-state index contributed by atoms with van der Waals surface area (Å²) >= 11 is 0. The smallest absolute Gasteiger partial charge is 0.243 e. The number of piperidine rings is 1. The van der Waals surface area contributed by atoms with Crippen LogP contribution in [0.5, 0.6) is 0 Å². The van der Waals surface area contributed by atoms with Crippen LogP contribution in [0.4, 0.5) is 0 Å². The predicted octanol–water partition coefficient (Wildman–Crippen LogP) is 1.58. The number of hydrogen-bond acceptors (Lipinski definition) is 5. The molecule has 7 nitrogen and oxygen atoms in total. The average Bonchev–Trinajstić information content (AvgIpc) is 3.21. The summed E-state index contributed by atoms with van der Waals surface area (Å²) in [4.78, 5) is 23.9. The third-order valence-electron chi connectivity index (χ3n) is 5.30. The molecule has 2 aliphatic rings. The number of Topliss-reactive ketones (excluding diaryl/α,β-unsaturated/α-hetero) is 1. The Labute approximate surface area is 172 Å². The maximum absolute atomic E-state index is 13.0. The number of hydrogen-bond donors (Lipinski definition) is 2. The number of ketones is 1. The molecular formula is C19H28ClN3O4S. The van der Waals surface area contributed by atoms with Gasteiger partial charge in [-0.25, -0.2) is 8.42 Å². The summed E-state index contributed by atoms with van der Waals surface area (Å²) in [6.07, 6.45) is 3.50. The lowest BCUT2D eigenvalue weighted by Gasteiger charge is -2.32. The highest BCUT2D eigenvalue weighted by Gasteiger charge is 2.31. The summed E-state index contributed by atoms with van der Waals surface area (Å²) in [5, 5.41) is 6.13. The highest BCUT2D eigenvalue weighted by molar-refractivity contribution is 7.89. The van der Waals surface area contributed by atoms with Crippen LogP contribution in [0.25, 0.3) is 0 Å². The van der Waals surface area contributed by atoms with E-state index in [1.54, 1.807) is 12.1 Å². The Morgan fingerprint density at radius 3 is 2.71 bits per heavy atom. The number of carbonyl (C=O) groups is 2. The van der Waals surface area contributed by atoms with Gasteiger partial charge in [0.2, 0.25) is 15.9 Å². The van der Waals surface area contributed by atoms with Gasteiger partial charge in [0.1, 0.15) is 0 Å². The van der Waals surface area contributed by atoms with Crippen molar-refractivity contribution in [2.24, 2.45) is 5.92 Å². The van der Waals surface area contributed by atoms with E-state index in [-0.39, 0.29) is 41.0 Å². The van der Waals surface area contributed by atoms with Crippen molar-refractivity contribution in [3.63, 3.8) is 0 Å². The van der Waals surface area contributed by atoms with Crippen molar-refractivity contribution in [1.82, 2.24) is 14.9 Å².